The summed E-state index contributed by atoms with van der Waals surface area (Å²) in [5, 5.41) is 0. The zero-order valence-electron chi connectivity index (χ0n) is 20.6. The molecular weight excluding hydrogens is 442 g/mol. The summed E-state index contributed by atoms with van der Waals surface area (Å²) in [6, 6.07) is 9.32. The third kappa shape index (κ3) is 8.13. The van der Waals surface area contributed by atoms with Crippen LogP contribution in [0, 0.1) is 5.92 Å². The average Bonchev–Trinajstić information content (AvgIpc) is 2.78. The Morgan fingerprint density at radius 1 is 1.12 bits per heavy atom. The van der Waals surface area contributed by atoms with Gasteiger partial charge in [-0.3, -0.25) is 0 Å². The number of carbonyl (C=O) groups is 2. The minimum absolute atomic E-state index is 0.207. The van der Waals surface area contributed by atoms with E-state index in [1.807, 2.05) is 30.3 Å². The second kappa shape index (κ2) is 11.4. The van der Waals surface area contributed by atoms with Crippen molar-refractivity contribution in [1.29, 1.82) is 0 Å². The molecule has 0 radical (unpaired) electrons. The number of benzene rings is 1. The van der Waals surface area contributed by atoms with Crippen molar-refractivity contribution in [2.45, 2.75) is 89.9 Å². The van der Waals surface area contributed by atoms with E-state index < -0.39 is 17.6 Å². The Labute approximate surface area is 201 Å². The average molecular weight is 481 g/mol. The van der Waals surface area contributed by atoms with Crippen LogP contribution in [0.3, 0.4) is 0 Å². The second-order valence-corrected chi connectivity index (χ2v) is 10.5. The fourth-order valence-electron chi connectivity index (χ4n) is 4.68. The molecule has 1 heterocycles. The summed E-state index contributed by atoms with van der Waals surface area (Å²) < 4.78 is 38.5. The van der Waals surface area contributed by atoms with Gasteiger partial charge in [0.25, 0.3) is 0 Å². The molecule has 1 aliphatic carbocycles. The van der Waals surface area contributed by atoms with Crippen molar-refractivity contribution in [2.75, 3.05) is 19.6 Å². The van der Waals surface area contributed by atoms with Crippen molar-refractivity contribution in [1.82, 2.24) is 9.80 Å². The van der Waals surface area contributed by atoms with Gasteiger partial charge in [0.15, 0.2) is 0 Å². The number of amides is 2. The number of rotatable bonds is 6. The van der Waals surface area contributed by atoms with E-state index in [4.69, 9.17) is 9.47 Å². The number of piperidine rings is 1. The van der Waals surface area contributed by atoms with Gasteiger partial charge in [0.2, 0.25) is 5.92 Å². The van der Waals surface area contributed by atoms with Gasteiger partial charge in [0, 0.05) is 38.5 Å². The molecule has 0 unspecified atom stereocenters. The lowest BCUT2D eigenvalue weighted by Gasteiger charge is -2.39. The highest BCUT2D eigenvalue weighted by Crippen LogP contribution is 2.36. The maximum atomic E-state index is 13.7. The van der Waals surface area contributed by atoms with E-state index >= 15 is 0 Å². The van der Waals surface area contributed by atoms with E-state index in [2.05, 4.69) is 0 Å². The highest BCUT2D eigenvalue weighted by molar-refractivity contribution is 5.69. The fraction of sp³-hybridized carbons (Fsp3) is 0.692. The molecule has 190 valence electrons. The third-order valence-electron chi connectivity index (χ3n) is 6.52. The third-order valence-corrected chi connectivity index (χ3v) is 6.52. The molecule has 34 heavy (non-hydrogen) atoms. The molecule has 2 fully saturated rings. The number of hydrogen-bond donors (Lipinski definition) is 0. The standard InChI is InChI=1S/C26H38F2N2O4/c1-25(2,3)34-24(32)30(22-11-14-26(27,28)15-12-22)17-13-20-10-7-16-29(18-20)23(31)33-19-21-8-5-4-6-9-21/h4-6,8-9,20,22H,7,10-19H2,1-3H3/t20-/m1/s1. The Hall–Kier alpha value is -2.38. The van der Waals surface area contributed by atoms with Crippen molar-refractivity contribution >= 4 is 12.2 Å². The van der Waals surface area contributed by atoms with Crippen molar-refractivity contribution in [3.8, 4) is 0 Å². The summed E-state index contributed by atoms with van der Waals surface area (Å²) >= 11 is 0. The first-order valence-corrected chi connectivity index (χ1v) is 12.4. The number of halogens is 2. The summed E-state index contributed by atoms with van der Waals surface area (Å²) in [7, 11) is 0. The SMILES string of the molecule is CC(C)(C)OC(=O)N(CC[C@H]1CCCN(C(=O)OCc2ccccc2)C1)C1CCC(F)(F)CC1. The highest BCUT2D eigenvalue weighted by atomic mass is 19.3. The molecule has 1 atom stereocenters. The summed E-state index contributed by atoms with van der Waals surface area (Å²) in [6.45, 7) is 7.30. The predicted octanol–water partition coefficient (Wildman–Crippen LogP) is 6.24. The molecule has 1 aromatic carbocycles. The molecule has 1 aromatic rings. The number of carbonyl (C=O) groups excluding carboxylic acids is 2. The van der Waals surface area contributed by atoms with Crippen molar-refractivity contribution in [3.63, 3.8) is 0 Å². The molecular formula is C26H38F2N2O4. The molecule has 2 amide bonds. The molecule has 0 N–H and O–H groups in total. The first kappa shape index (κ1) is 26.2. The Bertz CT molecular complexity index is 803. The van der Waals surface area contributed by atoms with E-state index in [0.29, 0.717) is 26.1 Å². The molecule has 1 saturated heterocycles. The maximum Gasteiger partial charge on any atom is 0.410 e. The number of ether oxygens (including phenoxy) is 2. The van der Waals surface area contributed by atoms with Gasteiger partial charge >= 0.3 is 12.2 Å². The van der Waals surface area contributed by atoms with Crippen LogP contribution in [-0.4, -0.2) is 59.2 Å². The van der Waals surface area contributed by atoms with Gasteiger partial charge in [0.05, 0.1) is 0 Å². The van der Waals surface area contributed by atoms with Crippen molar-refractivity contribution in [3.05, 3.63) is 35.9 Å². The molecule has 8 heteroatoms. The largest absolute Gasteiger partial charge is 0.445 e. The first-order chi connectivity index (χ1) is 16.0. The van der Waals surface area contributed by atoms with Gasteiger partial charge in [-0.25, -0.2) is 18.4 Å². The van der Waals surface area contributed by atoms with Crippen LogP contribution in [-0.2, 0) is 16.1 Å². The summed E-state index contributed by atoms with van der Waals surface area (Å²) in [6.07, 6.45) is 1.87. The zero-order valence-corrected chi connectivity index (χ0v) is 20.6. The van der Waals surface area contributed by atoms with Gasteiger partial charge in [-0.05, 0) is 64.4 Å². The van der Waals surface area contributed by atoms with Crippen LogP contribution in [0.15, 0.2) is 30.3 Å². The number of likely N-dealkylation sites (tertiary alicyclic amines) is 1. The summed E-state index contributed by atoms with van der Waals surface area (Å²) in [5.74, 6) is -2.44. The minimum Gasteiger partial charge on any atom is -0.445 e. The van der Waals surface area contributed by atoms with Crippen LogP contribution >= 0.6 is 0 Å². The van der Waals surface area contributed by atoms with E-state index in [1.165, 1.54) is 0 Å². The van der Waals surface area contributed by atoms with Crippen LogP contribution in [0.5, 0.6) is 0 Å². The normalized spacial score (nSPS) is 21.1. The Morgan fingerprint density at radius 3 is 2.44 bits per heavy atom. The smallest absolute Gasteiger partial charge is 0.410 e. The van der Waals surface area contributed by atoms with Gasteiger partial charge in [-0.15, -0.1) is 0 Å². The lowest BCUT2D eigenvalue weighted by molar-refractivity contribution is -0.0576. The van der Waals surface area contributed by atoms with Crippen LogP contribution in [0.25, 0.3) is 0 Å². The molecule has 0 bridgehead atoms. The van der Waals surface area contributed by atoms with E-state index in [1.54, 1.807) is 30.6 Å². The lowest BCUT2D eigenvalue weighted by atomic mass is 9.90. The molecule has 0 aromatic heterocycles. The zero-order chi connectivity index (χ0) is 24.8. The Morgan fingerprint density at radius 2 is 1.79 bits per heavy atom. The summed E-state index contributed by atoms with van der Waals surface area (Å²) in [4.78, 5) is 28.9. The fourth-order valence-corrected chi connectivity index (χ4v) is 4.68. The van der Waals surface area contributed by atoms with E-state index in [9.17, 15) is 18.4 Å². The lowest BCUT2D eigenvalue weighted by Crippen LogP contribution is -2.48. The molecule has 1 aliphatic heterocycles. The van der Waals surface area contributed by atoms with Crippen LogP contribution in [0.4, 0.5) is 18.4 Å². The van der Waals surface area contributed by atoms with Crippen molar-refractivity contribution in [2.24, 2.45) is 5.92 Å². The van der Waals surface area contributed by atoms with Crippen molar-refractivity contribution < 1.29 is 27.8 Å². The number of hydrogen-bond acceptors (Lipinski definition) is 4. The molecule has 2 aliphatic rings. The van der Waals surface area contributed by atoms with Gasteiger partial charge in [-0.2, -0.15) is 0 Å². The Balaban J connectivity index is 1.54. The van der Waals surface area contributed by atoms with Crippen LogP contribution in [0.1, 0.15) is 71.3 Å². The van der Waals surface area contributed by atoms with Gasteiger partial charge in [-0.1, -0.05) is 30.3 Å². The van der Waals surface area contributed by atoms with Gasteiger partial charge < -0.3 is 19.3 Å². The minimum atomic E-state index is -2.65. The molecule has 6 nitrogen and oxygen atoms in total. The topological polar surface area (TPSA) is 59.1 Å². The number of alkyl halides is 2. The quantitative estimate of drug-likeness (QED) is 0.484. The van der Waals surface area contributed by atoms with E-state index in [-0.39, 0.29) is 50.3 Å². The van der Waals surface area contributed by atoms with Gasteiger partial charge in [0.1, 0.15) is 12.2 Å². The second-order valence-electron chi connectivity index (χ2n) is 10.5. The highest BCUT2D eigenvalue weighted by Gasteiger charge is 2.39. The summed E-state index contributed by atoms with van der Waals surface area (Å²) in [5.41, 5.74) is 0.286. The first-order valence-electron chi connectivity index (χ1n) is 12.4. The van der Waals surface area contributed by atoms with Crippen LogP contribution < -0.4 is 0 Å². The molecule has 0 spiro atoms. The van der Waals surface area contributed by atoms with Crippen LogP contribution in [0.2, 0.25) is 0 Å². The Kier molecular flexibility index (Phi) is 8.77. The molecule has 1 saturated carbocycles. The number of nitrogens with zero attached hydrogens (tertiary/aromatic N) is 2. The predicted molar refractivity (Wildman–Crippen MR) is 126 cm³/mol. The monoisotopic (exact) mass is 480 g/mol. The molecule has 3 rings (SSSR count). The maximum absolute atomic E-state index is 13.7. The van der Waals surface area contributed by atoms with E-state index in [0.717, 1.165) is 18.4 Å².